The van der Waals surface area contributed by atoms with E-state index in [2.05, 4.69) is 32.8 Å². The molecule has 0 saturated heterocycles. The Morgan fingerprint density at radius 2 is 1.90 bits per heavy atom. The smallest absolute Gasteiger partial charge is 0.221 e. The van der Waals surface area contributed by atoms with Crippen LogP contribution >= 0.6 is 0 Å². The van der Waals surface area contributed by atoms with Crippen molar-refractivity contribution in [3.8, 4) is 0 Å². The Bertz CT molecular complexity index is 485. The van der Waals surface area contributed by atoms with Gasteiger partial charge in [-0.2, -0.15) is 0 Å². The first-order valence-corrected chi connectivity index (χ1v) is 7.22. The zero-order valence-corrected chi connectivity index (χ0v) is 12.4. The molecular formula is C14H23N5O. The Hall–Kier alpha value is -1.85. The van der Waals surface area contributed by atoms with Gasteiger partial charge in [-0.05, 0) is 26.7 Å². The molecular weight excluding hydrogens is 254 g/mol. The first-order chi connectivity index (χ1) is 9.65. The summed E-state index contributed by atoms with van der Waals surface area (Å²) in [5.41, 5.74) is 1.01. The minimum Gasteiger partial charge on any atom is -0.370 e. The minimum atomic E-state index is 0.0264. The molecule has 1 saturated carbocycles. The summed E-state index contributed by atoms with van der Waals surface area (Å²) in [6, 6.07) is 0. The molecule has 2 rings (SSSR count). The number of nitrogens with zero attached hydrogens (tertiary/aromatic N) is 2. The van der Waals surface area contributed by atoms with Gasteiger partial charge in [0.2, 0.25) is 5.91 Å². The number of amides is 1. The average Bonchev–Trinajstić information content (AvgIpc) is 3.27. The van der Waals surface area contributed by atoms with E-state index in [-0.39, 0.29) is 5.91 Å². The van der Waals surface area contributed by atoms with Crippen molar-refractivity contribution in [2.24, 2.45) is 0 Å². The van der Waals surface area contributed by atoms with Crippen molar-refractivity contribution in [1.29, 1.82) is 0 Å². The largest absolute Gasteiger partial charge is 0.370 e. The van der Waals surface area contributed by atoms with Crippen LogP contribution < -0.4 is 16.0 Å². The van der Waals surface area contributed by atoms with Crippen molar-refractivity contribution in [2.75, 3.05) is 30.8 Å². The van der Waals surface area contributed by atoms with Crippen LogP contribution in [0.25, 0.3) is 0 Å². The molecule has 0 aromatic carbocycles. The summed E-state index contributed by atoms with van der Waals surface area (Å²) >= 11 is 0. The lowest BCUT2D eigenvalue weighted by Gasteiger charge is -2.14. The number of anilines is 2. The van der Waals surface area contributed by atoms with Gasteiger partial charge >= 0.3 is 0 Å². The second kappa shape index (κ2) is 6.54. The second-order valence-corrected chi connectivity index (χ2v) is 5.06. The quantitative estimate of drug-likeness (QED) is 0.706. The summed E-state index contributed by atoms with van der Waals surface area (Å²) in [6.45, 7) is 5.46. The predicted octanol–water partition coefficient (Wildman–Crippen LogP) is 1.64. The highest BCUT2D eigenvalue weighted by molar-refractivity contribution is 5.76. The maximum atomic E-state index is 11.2. The third-order valence-corrected chi connectivity index (χ3v) is 3.37. The highest BCUT2D eigenvalue weighted by atomic mass is 16.1. The summed E-state index contributed by atoms with van der Waals surface area (Å²) in [7, 11) is 1.65. The average molecular weight is 277 g/mol. The molecule has 20 heavy (non-hydrogen) atoms. The predicted molar refractivity (Wildman–Crippen MR) is 80.1 cm³/mol. The van der Waals surface area contributed by atoms with Crippen molar-refractivity contribution in [2.45, 2.75) is 39.0 Å². The number of rotatable bonds is 7. The third kappa shape index (κ3) is 3.59. The van der Waals surface area contributed by atoms with E-state index in [4.69, 9.17) is 0 Å². The number of hydrogen-bond acceptors (Lipinski definition) is 5. The number of nitrogens with one attached hydrogen (secondary N) is 3. The summed E-state index contributed by atoms with van der Waals surface area (Å²) < 4.78 is 0. The zero-order chi connectivity index (χ0) is 14.5. The number of aromatic nitrogens is 2. The van der Waals surface area contributed by atoms with Crippen molar-refractivity contribution in [1.82, 2.24) is 15.3 Å². The van der Waals surface area contributed by atoms with Gasteiger partial charge in [0.05, 0.1) is 0 Å². The van der Waals surface area contributed by atoms with Crippen LogP contribution in [0.15, 0.2) is 0 Å². The molecule has 3 N–H and O–H groups in total. The monoisotopic (exact) mass is 277 g/mol. The molecule has 6 heteroatoms. The zero-order valence-electron chi connectivity index (χ0n) is 12.4. The van der Waals surface area contributed by atoms with Crippen LogP contribution in [0.2, 0.25) is 0 Å². The van der Waals surface area contributed by atoms with Gasteiger partial charge in [-0.15, -0.1) is 0 Å². The molecule has 1 aromatic heterocycles. The van der Waals surface area contributed by atoms with E-state index < -0.39 is 0 Å². The Kier molecular flexibility index (Phi) is 4.76. The number of carbonyl (C=O) groups excluding carboxylic acids is 1. The molecule has 1 aliphatic carbocycles. The molecule has 1 fully saturated rings. The first-order valence-electron chi connectivity index (χ1n) is 7.22. The lowest BCUT2D eigenvalue weighted by Crippen LogP contribution is -2.21. The van der Waals surface area contributed by atoms with E-state index in [1.54, 1.807) is 7.05 Å². The number of carbonyl (C=O) groups is 1. The summed E-state index contributed by atoms with van der Waals surface area (Å²) in [5, 5.41) is 9.14. The van der Waals surface area contributed by atoms with E-state index in [1.807, 2.05) is 6.92 Å². The van der Waals surface area contributed by atoms with Gasteiger partial charge < -0.3 is 16.0 Å². The van der Waals surface area contributed by atoms with Gasteiger partial charge in [-0.1, -0.05) is 0 Å². The fraction of sp³-hybridized carbons (Fsp3) is 0.643. The van der Waals surface area contributed by atoms with Gasteiger partial charge in [0, 0.05) is 38.0 Å². The molecule has 0 atom stereocenters. The molecule has 1 heterocycles. The van der Waals surface area contributed by atoms with Gasteiger partial charge in [0.25, 0.3) is 0 Å². The molecule has 0 spiro atoms. The molecule has 1 amide bonds. The van der Waals surface area contributed by atoms with Gasteiger partial charge in [-0.25, -0.2) is 9.97 Å². The Morgan fingerprint density at radius 3 is 2.45 bits per heavy atom. The standard InChI is InChI=1S/C14H23N5O/c1-4-16-12-9(2)13(17-8-7-11(20)15-3)19-14(18-12)10-5-6-10/h10H,4-8H2,1-3H3,(H,15,20)(H2,16,17,18,19). The van der Waals surface area contributed by atoms with Crippen LogP contribution in [0, 0.1) is 6.92 Å². The molecule has 0 unspecified atom stereocenters. The molecule has 0 aliphatic heterocycles. The van der Waals surface area contributed by atoms with Crippen molar-refractivity contribution < 1.29 is 4.79 Å². The van der Waals surface area contributed by atoms with E-state index in [0.717, 1.165) is 29.6 Å². The van der Waals surface area contributed by atoms with Crippen molar-refractivity contribution >= 4 is 17.5 Å². The highest BCUT2D eigenvalue weighted by Crippen LogP contribution is 2.39. The van der Waals surface area contributed by atoms with E-state index in [9.17, 15) is 4.79 Å². The van der Waals surface area contributed by atoms with E-state index in [0.29, 0.717) is 18.9 Å². The van der Waals surface area contributed by atoms with Crippen LogP contribution in [0.5, 0.6) is 0 Å². The molecule has 0 radical (unpaired) electrons. The summed E-state index contributed by atoms with van der Waals surface area (Å²) in [5.74, 6) is 3.17. The molecule has 1 aromatic rings. The Morgan fingerprint density at radius 1 is 1.25 bits per heavy atom. The molecule has 6 nitrogen and oxygen atoms in total. The normalized spacial score (nSPS) is 13.9. The maximum absolute atomic E-state index is 11.2. The Balaban J connectivity index is 2.10. The van der Waals surface area contributed by atoms with E-state index in [1.165, 1.54) is 12.8 Å². The molecule has 1 aliphatic rings. The van der Waals surface area contributed by atoms with Crippen molar-refractivity contribution in [3.63, 3.8) is 0 Å². The van der Waals surface area contributed by atoms with Crippen molar-refractivity contribution in [3.05, 3.63) is 11.4 Å². The van der Waals surface area contributed by atoms with Crippen LogP contribution in [-0.4, -0.2) is 36.0 Å². The number of hydrogen-bond donors (Lipinski definition) is 3. The minimum absolute atomic E-state index is 0.0264. The second-order valence-electron chi connectivity index (χ2n) is 5.06. The summed E-state index contributed by atoms with van der Waals surface area (Å²) in [4.78, 5) is 20.5. The fourth-order valence-electron chi connectivity index (χ4n) is 1.99. The SMILES string of the molecule is CCNc1nc(C2CC2)nc(NCCC(=O)NC)c1C. The topological polar surface area (TPSA) is 78.9 Å². The molecule has 0 bridgehead atoms. The van der Waals surface area contributed by atoms with Crippen LogP contribution in [0.1, 0.15) is 43.5 Å². The highest BCUT2D eigenvalue weighted by Gasteiger charge is 2.28. The first kappa shape index (κ1) is 14.6. The van der Waals surface area contributed by atoms with Gasteiger partial charge in [0.15, 0.2) is 0 Å². The third-order valence-electron chi connectivity index (χ3n) is 3.37. The Labute approximate surface area is 119 Å². The lowest BCUT2D eigenvalue weighted by atomic mass is 10.2. The van der Waals surface area contributed by atoms with Crippen LogP contribution in [-0.2, 0) is 4.79 Å². The summed E-state index contributed by atoms with van der Waals surface area (Å²) in [6.07, 6.45) is 2.79. The van der Waals surface area contributed by atoms with Gasteiger partial charge in [-0.3, -0.25) is 4.79 Å². The maximum Gasteiger partial charge on any atom is 0.221 e. The van der Waals surface area contributed by atoms with Crippen LogP contribution in [0.4, 0.5) is 11.6 Å². The lowest BCUT2D eigenvalue weighted by molar-refractivity contribution is -0.120. The van der Waals surface area contributed by atoms with Crippen LogP contribution in [0.3, 0.4) is 0 Å². The van der Waals surface area contributed by atoms with E-state index >= 15 is 0 Å². The molecule has 110 valence electrons. The van der Waals surface area contributed by atoms with Gasteiger partial charge in [0.1, 0.15) is 17.5 Å². The fourth-order valence-corrected chi connectivity index (χ4v) is 1.99.